The van der Waals surface area contributed by atoms with Crippen molar-refractivity contribution in [3.63, 3.8) is 0 Å². The Morgan fingerprint density at radius 2 is 1.88 bits per heavy atom. The number of ether oxygens (including phenoxy) is 1. The second-order valence-corrected chi connectivity index (χ2v) is 10.7. The molecule has 3 aromatic carbocycles. The van der Waals surface area contributed by atoms with Gasteiger partial charge in [0.25, 0.3) is 5.91 Å². The van der Waals surface area contributed by atoms with Crippen molar-refractivity contribution in [2.24, 2.45) is 0 Å². The van der Waals surface area contributed by atoms with E-state index < -0.39 is 28.4 Å². The molecule has 3 aromatic rings. The van der Waals surface area contributed by atoms with Gasteiger partial charge in [-0.05, 0) is 53.9 Å². The van der Waals surface area contributed by atoms with Crippen LogP contribution in [0.1, 0.15) is 11.1 Å². The normalized spacial score (nSPS) is 13.9. The van der Waals surface area contributed by atoms with Crippen LogP contribution in [0.2, 0.25) is 5.02 Å². The monoisotopic (exact) mass is 552 g/mol. The summed E-state index contributed by atoms with van der Waals surface area (Å²) < 4.78 is 47.5. The lowest BCUT2D eigenvalue weighted by atomic mass is 10.0. The highest BCUT2D eigenvalue weighted by atomic mass is 79.9. The molecular formula is C23H19BrClFN2O4S. The standard InChI is InChI=1S/C23H19BrClFN2O4S/c24-17-5-7-21(20(26)11-17)27-23(29)14-32-22-8-6-18(12-19(22)25)33(30,31)28-10-9-15-3-1-2-4-16(15)13-28/h1-8,11-12H,9-10,13-14H2,(H,27,29). The van der Waals surface area contributed by atoms with Gasteiger partial charge in [0.1, 0.15) is 11.6 Å². The third kappa shape index (κ3) is 5.38. The Morgan fingerprint density at radius 3 is 2.61 bits per heavy atom. The number of carbonyl (C=O) groups excluding carboxylic acids is 1. The summed E-state index contributed by atoms with van der Waals surface area (Å²) in [5.41, 5.74) is 2.14. The van der Waals surface area contributed by atoms with Crippen LogP contribution < -0.4 is 10.1 Å². The van der Waals surface area contributed by atoms with E-state index in [2.05, 4.69) is 21.2 Å². The minimum absolute atomic E-state index is 0.0162. The van der Waals surface area contributed by atoms with E-state index in [0.29, 0.717) is 24.0 Å². The largest absolute Gasteiger partial charge is 0.482 e. The lowest BCUT2D eigenvalue weighted by molar-refractivity contribution is -0.118. The number of nitrogens with one attached hydrogen (secondary N) is 1. The number of carbonyl (C=O) groups is 1. The van der Waals surface area contributed by atoms with Gasteiger partial charge in [0.2, 0.25) is 10.0 Å². The molecule has 10 heteroatoms. The summed E-state index contributed by atoms with van der Waals surface area (Å²) in [4.78, 5) is 12.1. The van der Waals surface area contributed by atoms with E-state index in [4.69, 9.17) is 16.3 Å². The molecule has 0 aliphatic carbocycles. The van der Waals surface area contributed by atoms with Crippen LogP contribution in [0, 0.1) is 5.82 Å². The molecule has 1 aliphatic rings. The van der Waals surface area contributed by atoms with Crippen LogP contribution >= 0.6 is 27.5 Å². The van der Waals surface area contributed by atoms with Crippen LogP contribution in [0.3, 0.4) is 0 Å². The minimum atomic E-state index is -3.76. The van der Waals surface area contributed by atoms with Gasteiger partial charge >= 0.3 is 0 Å². The first-order valence-corrected chi connectivity index (χ1v) is 12.6. The predicted octanol–water partition coefficient (Wildman–Crippen LogP) is 5.01. The van der Waals surface area contributed by atoms with E-state index in [1.54, 1.807) is 6.07 Å². The van der Waals surface area contributed by atoms with Crippen molar-refractivity contribution < 1.29 is 22.3 Å². The molecule has 0 unspecified atom stereocenters. The minimum Gasteiger partial charge on any atom is -0.482 e. The number of benzene rings is 3. The summed E-state index contributed by atoms with van der Waals surface area (Å²) >= 11 is 9.38. The first-order chi connectivity index (χ1) is 15.7. The zero-order valence-corrected chi connectivity index (χ0v) is 20.4. The van der Waals surface area contributed by atoms with E-state index in [1.165, 1.54) is 34.6 Å². The number of nitrogens with zero attached hydrogens (tertiary/aromatic N) is 1. The van der Waals surface area contributed by atoms with Gasteiger partial charge in [-0.1, -0.05) is 51.8 Å². The molecule has 33 heavy (non-hydrogen) atoms. The van der Waals surface area contributed by atoms with Crippen molar-refractivity contribution in [1.29, 1.82) is 0 Å². The summed E-state index contributed by atoms with van der Waals surface area (Å²) in [6, 6.07) is 16.1. The Labute approximate surface area is 204 Å². The Morgan fingerprint density at radius 1 is 1.12 bits per heavy atom. The number of sulfonamides is 1. The van der Waals surface area contributed by atoms with E-state index in [0.717, 1.165) is 11.1 Å². The number of hydrogen-bond donors (Lipinski definition) is 1. The molecule has 0 atom stereocenters. The van der Waals surface area contributed by atoms with Crippen LogP contribution in [0.4, 0.5) is 10.1 Å². The molecule has 0 fully saturated rings. The van der Waals surface area contributed by atoms with Gasteiger partial charge in [0, 0.05) is 17.6 Å². The summed E-state index contributed by atoms with van der Waals surface area (Å²) in [5, 5.41) is 2.46. The summed E-state index contributed by atoms with van der Waals surface area (Å²) in [6.45, 7) is 0.243. The lowest BCUT2D eigenvalue weighted by Crippen LogP contribution is -2.35. The molecular weight excluding hydrogens is 535 g/mol. The van der Waals surface area contributed by atoms with Crippen LogP contribution in [-0.2, 0) is 27.8 Å². The van der Waals surface area contributed by atoms with E-state index in [1.807, 2.05) is 24.3 Å². The molecule has 1 amide bonds. The molecule has 1 heterocycles. The van der Waals surface area contributed by atoms with Crippen molar-refractivity contribution in [3.8, 4) is 5.75 Å². The van der Waals surface area contributed by atoms with Gasteiger partial charge in [-0.2, -0.15) is 4.31 Å². The molecule has 6 nitrogen and oxygen atoms in total. The highest BCUT2D eigenvalue weighted by Crippen LogP contribution is 2.31. The molecule has 0 bridgehead atoms. The highest BCUT2D eigenvalue weighted by molar-refractivity contribution is 9.10. The summed E-state index contributed by atoms with van der Waals surface area (Å²) in [7, 11) is -3.76. The second-order valence-electron chi connectivity index (χ2n) is 7.41. The molecule has 4 rings (SSSR count). The Kier molecular flexibility index (Phi) is 7.04. The lowest BCUT2D eigenvalue weighted by Gasteiger charge is -2.28. The van der Waals surface area contributed by atoms with Gasteiger partial charge in [-0.25, -0.2) is 12.8 Å². The van der Waals surface area contributed by atoms with E-state index in [-0.39, 0.29) is 21.4 Å². The summed E-state index contributed by atoms with van der Waals surface area (Å²) in [6.07, 6.45) is 0.637. The third-order valence-corrected chi connectivity index (χ3v) is 7.83. The fraction of sp³-hybridized carbons (Fsp3) is 0.174. The number of rotatable bonds is 6. The molecule has 0 spiro atoms. The Hall–Kier alpha value is -2.46. The molecule has 0 radical (unpaired) electrons. The van der Waals surface area contributed by atoms with Crippen molar-refractivity contribution in [2.75, 3.05) is 18.5 Å². The molecule has 1 N–H and O–H groups in total. The van der Waals surface area contributed by atoms with Crippen molar-refractivity contribution in [1.82, 2.24) is 4.31 Å². The van der Waals surface area contributed by atoms with Crippen LogP contribution in [0.5, 0.6) is 5.75 Å². The topological polar surface area (TPSA) is 75.7 Å². The summed E-state index contributed by atoms with van der Waals surface area (Å²) in [5.74, 6) is -1.03. The quantitative estimate of drug-likeness (QED) is 0.466. The first kappa shape index (κ1) is 23.7. The maximum absolute atomic E-state index is 13.9. The molecule has 1 aliphatic heterocycles. The van der Waals surface area contributed by atoms with Gasteiger partial charge < -0.3 is 10.1 Å². The second kappa shape index (κ2) is 9.80. The smallest absolute Gasteiger partial charge is 0.262 e. The number of hydrogen-bond acceptors (Lipinski definition) is 4. The number of fused-ring (bicyclic) bond motifs is 1. The van der Waals surface area contributed by atoms with Gasteiger partial charge in [-0.15, -0.1) is 0 Å². The van der Waals surface area contributed by atoms with Crippen LogP contribution in [0.15, 0.2) is 70.0 Å². The van der Waals surface area contributed by atoms with Crippen molar-refractivity contribution in [3.05, 3.63) is 87.1 Å². The molecule has 172 valence electrons. The SMILES string of the molecule is O=C(COc1ccc(S(=O)(=O)N2CCc3ccccc3C2)cc1Cl)Nc1ccc(Br)cc1F. The number of anilines is 1. The van der Waals surface area contributed by atoms with Gasteiger partial charge in [-0.3, -0.25) is 4.79 Å². The van der Waals surface area contributed by atoms with E-state index in [9.17, 15) is 17.6 Å². The number of halogens is 3. The van der Waals surface area contributed by atoms with Gasteiger partial charge in [0.15, 0.2) is 6.61 Å². The maximum atomic E-state index is 13.9. The van der Waals surface area contributed by atoms with Gasteiger partial charge in [0.05, 0.1) is 15.6 Å². The zero-order valence-electron chi connectivity index (χ0n) is 17.2. The fourth-order valence-corrected chi connectivity index (χ4v) is 5.58. The Bertz CT molecular complexity index is 1320. The van der Waals surface area contributed by atoms with E-state index >= 15 is 0 Å². The zero-order chi connectivity index (χ0) is 23.6. The fourth-order valence-electron chi connectivity index (χ4n) is 3.50. The Balaban J connectivity index is 1.42. The third-order valence-electron chi connectivity index (χ3n) is 5.20. The molecule has 0 saturated carbocycles. The predicted molar refractivity (Wildman–Crippen MR) is 127 cm³/mol. The molecule has 0 aromatic heterocycles. The van der Waals surface area contributed by atoms with Crippen LogP contribution in [-0.4, -0.2) is 31.8 Å². The van der Waals surface area contributed by atoms with Crippen molar-refractivity contribution >= 4 is 49.1 Å². The van der Waals surface area contributed by atoms with Crippen LogP contribution in [0.25, 0.3) is 0 Å². The average molecular weight is 554 g/mol. The van der Waals surface area contributed by atoms with Crippen molar-refractivity contribution in [2.45, 2.75) is 17.9 Å². The maximum Gasteiger partial charge on any atom is 0.262 e. The highest BCUT2D eigenvalue weighted by Gasteiger charge is 2.28. The first-order valence-electron chi connectivity index (χ1n) is 9.98. The average Bonchev–Trinajstić information content (AvgIpc) is 2.79. The number of amides is 1. The molecule has 0 saturated heterocycles.